The topological polar surface area (TPSA) is 36.2 Å². The van der Waals surface area contributed by atoms with Crippen molar-refractivity contribution in [3.05, 3.63) is 24.4 Å². The molecule has 94 valence electrons. The maximum Gasteiger partial charge on any atom is 0.0751 e. The Bertz CT molecular complexity index is 359. The Hall–Kier alpha value is -1.18. The van der Waals surface area contributed by atoms with Crippen molar-refractivity contribution in [3.8, 4) is 0 Å². The van der Waals surface area contributed by atoms with Crippen LogP contribution in [0.3, 0.4) is 0 Å². The highest BCUT2D eigenvalue weighted by atomic mass is 14.7. The molecular weight excluding hydrogens is 208 g/mol. The molecule has 0 aromatic carbocycles. The van der Waals surface area contributed by atoms with Crippen LogP contribution in [0.25, 0.3) is 0 Å². The second-order valence-electron chi connectivity index (χ2n) is 5.40. The van der Waals surface area contributed by atoms with Crippen molar-refractivity contribution >= 4 is 11.4 Å². The minimum Gasteiger partial charge on any atom is -0.299 e. The molecule has 0 saturated heterocycles. The average molecular weight is 232 g/mol. The van der Waals surface area contributed by atoms with Gasteiger partial charge in [0.25, 0.3) is 0 Å². The van der Waals surface area contributed by atoms with E-state index in [1.165, 1.54) is 0 Å². The first kappa shape index (κ1) is 13.9. The number of allylic oxidation sites excluding steroid dienone is 3. The van der Waals surface area contributed by atoms with Crippen LogP contribution in [0.15, 0.2) is 29.4 Å². The van der Waals surface area contributed by atoms with Crippen LogP contribution in [0.2, 0.25) is 0 Å². The van der Waals surface area contributed by atoms with E-state index in [2.05, 4.69) is 38.8 Å². The fourth-order valence-corrected chi connectivity index (χ4v) is 1.63. The lowest BCUT2D eigenvalue weighted by atomic mass is 9.78. The quantitative estimate of drug-likeness (QED) is 0.746. The Labute approximate surface area is 105 Å². The summed E-state index contributed by atoms with van der Waals surface area (Å²) in [6.07, 6.45) is 11.0. The third-order valence-corrected chi connectivity index (χ3v) is 3.89. The smallest absolute Gasteiger partial charge is 0.0751 e. The summed E-state index contributed by atoms with van der Waals surface area (Å²) >= 11 is 0. The van der Waals surface area contributed by atoms with E-state index in [1.54, 1.807) is 0 Å². The van der Waals surface area contributed by atoms with Gasteiger partial charge >= 0.3 is 0 Å². The molecule has 1 N–H and O–H groups in total. The van der Waals surface area contributed by atoms with Gasteiger partial charge in [-0.05, 0) is 30.3 Å². The van der Waals surface area contributed by atoms with E-state index in [1.807, 2.05) is 18.4 Å². The molecule has 1 aliphatic carbocycles. The Balaban J connectivity index is 2.63. The molecular formula is C15H24N2. The molecule has 2 heteroatoms. The average Bonchev–Trinajstić information content (AvgIpc) is 2.31. The van der Waals surface area contributed by atoms with Crippen molar-refractivity contribution in [2.45, 2.75) is 47.0 Å². The predicted octanol–water partition coefficient (Wildman–Crippen LogP) is 4.38. The fraction of sp³-hybridized carbons (Fsp3) is 0.600. The summed E-state index contributed by atoms with van der Waals surface area (Å²) in [6, 6.07) is 0. The van der Waals surface area contributed by atoms with Gasteiger partial charge in [-0.25, -0.2) is 0 Å². The molecule has 0 aromatic rings. The van der Waals surface area contributed by atoms with E-state index in [9.17, 15) is 0 Å². The number of aliphatic imine (C=N–C) groups is 1. The zero-order chi connectivity index (χ0) is 12.9. The third kappa shape index (κ3) is 3.95. The standard InChI is InChI=1S/C15H24N2/c1-5-15(3,4)12(2)10-11-17-14-9-7-6-8-13(14)16/h6,8,10-12,16H,5,7,9H2,1-4H3/b11-10-,16-13?,17-14?. The van der Waals surface area contributed by atoms with Gasteiger partial charge in [-0.15, -0.1) is 0 Å². The van der Waals surface area contributed by atoms with E-state index in [0.717, 1.165) is 25.0 Å². The largest absolute Gasteiger partial charge is 0.299 e. The number of nitrogens with zero attached hydrogens (tertiary/aromatic N) is 1. The predicted molar refractivity (Wildman–Crippen MR) is 75.9 cm³/mol. The monoisotopic (exact) mass is 232 g/mol. The molecule has 2 nitrogen and oxygen atoms in total. The fourth-order valence-electron chi connectivity index (χ4n) is 1.63. The summed E-state index contributed by atoms with van der Waals surface area (Å²) in [5.41, 5.74) is 1.78. The van der Waals surface area contributed by atoms with Gasteiger partial charge < -0.3 is 0 Å². The first-order valence-electron chi connectivity index (χ1n) is 6.46. The molecule has 1 aliphatic rings. The summed E-state index contributed by atoms with van der Waals surface area (Å²) in [5.74, 6) is 0.505. The summed E-state index contributed by atoms with van der Waals surface area (Å²) in [7, 11) is 0. The van der Waals surface area contributed by atoms with Crippen LogP contribution in [0.5, 0.6) is 0 Å². The molecule has 0 aromatic heterocycles. The summed E-state index contributed by atoms with van der Waals surface area (Å²) in [4.78, 5) is 4.41. The van der Waals surface area contributed by atoms with Crippen molar-refractivity contribution in [1.29, 1.82) is 5.41 Å². The SMILES string of the molecule is CCC(C)(C)C(C)/C=C\N=C1CCC=CC1=N. The van der Waals surface area contributed by atoms with E-state index in [-0.39, 0.29) is 0 Å². The molecule has 0 bridgehead atoms. The molecule has 1 rings (SSSR count). The third-order valence-electron chi connectivity index (χ3n) is 3.89. The van der Waals surface area contributed by atoms with E-state index < -0.39 is 0 Å². The lowest BCUT2D eigenvalue weighted by molar-refractivity contribution is 0.266. The lowest BCUT2D eigenvalue weighted by Gasteiger charge is -2.27. The van der Waals surface area contributed by atoms with Gasteiger partial charge in [0, 0.05) is 6.20 Å². The van der Waals surface area contributed by atoms with Crippen molar-refractivity contribution in [2.75, 3.05) is 0 Å². The molecule has 17 heavy (non-hydrogen) atoms. The molecule has 0 saturated carbocycles. The van der Waals surface area contributed by atoms with Crippen molar-refractivity contribution in [3.63, 3.8) is 0 Å². The maximum atomic E-state index is 7.74. The highest BCUT2D eigenvalue weighted by Gasteiger charge is 2.21. The Kier molecular flexibility index (Phi) is 4.86. The van der Waals surface area contributed by atoms with E-state index in [4.69, 9.17) is 5.41 Å². The number of nitrogens with one attached hydrogen (secondary N) is 1. The van der Waals surface area contributed by atoms with Gasteiger partial charge in [0.1, 0.15) is 0 Å². The second kappa shape index (κ2) is 5.95. The molecule has 0 radical (unpaired) electrons. The maximum absolute atomic E-state index is 7.74. The zero-order valence-electron chi connectivity index (χ0n) is 11.5. The minimum absolute atomic E-state index is 0.316. The number of rotatable bonds is 4. The van der Waals surface area contributed by atoms with Crippen LogP contribution >= 0.6 is 0 Å². The Morgan fingerprint density at radius 2 is 2.24 bits per heavy atom. The van der Waals surface area contributed by atoms with E-state index in [0.29, 0.717) is 17.0 Å². The van der Waals surface area contributed by atoms with Crippen LogP contribution < -0.4 is 0 Å². The van der Waals surface area contributed by atoms with Gasteiger partial charge in [0.15, 0.2) is 0 Å². The number of hydrogen-bond donors (Lipinski definition) is 1. The Morgan fingerprint density at radius 1 is 1.53 bits per heavy atom. The highest BCUT2D eigenvalue weighted by molar-refractivity contribution is 6.46. The first-order valence-corrected chi connectivity index (χ1v) is 6.46. The van der Waals surface area contributed by atoms with Crippen LogP contribution in [0.4, 0.5) is 0 Å². The molecule has 1 unspecified atom stereocenters. The van der Waals surface area contributed by atoms with Gasteiger partial charge in [0.2, 0.25) is 0 Å². The molecule has 0 amide bonds. The van der Waals surface area contributed by atoms with Crippen LogP contribution in [0.1, 0.15) is 47.0 Å². The van der Waals surface area contributed by atoms with Crippen LogP contribution in [-0.2, 0) is 0 Å². The molecule has 0 spiro atoms. The Morgan fingerprint density at radius 3 is 2.82 bits per heavy atom. The zero-order valence-corrected chi connectivity index (χ0v) is 11.5. The first-order chi connectivity index (χ1) is 7.97. The molecule has 0 fully saturated rings. The highest BCUT2D eigenvalue weighted by Crippen LogP contribution is 2.30. The van der Waals surface area contributed by atoms with Crippen molar-refractivity contribution < 1.29 is 0 Å². The minimum atomic E-state index is 0.316. The number of hydrogen-bond acceptors (Lipinski definition) is 2. The molecule has 0 aliphatic heterocycles. The normalized spacial score (nSPS) is 21.4. The van der Waals surface area contributed by atoms with Gasteiger partial charge in [-0.1, -0.05) is 46.3 Å². The van der Waals surface area contributed by atoms with E-state index >= 15 is 0 Å². The lowest BCUT2D eigenvalue weighted by Crippen LogP contribution is -2.18. The summed E-state index contributed by atoms with van der Waals surface area (Å²) in [6.45, 7) is 9.01. The van der Waals surface area contributed by atoms with Gasteiger partial charge in [-0.2, -0.15) is 0 Å². The van der Waals surface area contributed by atoms with Crippen LogP contribution in [-0.4, -0.2) is 11.4 Å². The van der Waals surface area contributed by atoms with Crippen molar-refractivity contribution in [1.82, 2.24) is 0 Å². The van der Waals surface area contributed by atoms with Crippen LogP contribution in [0, 0.1) is 16.7 Å². The molecule has 0 heterocycles. The van der Waals surface area contributed by atoms with Gasteiger partial charge in [0.05, 0.1) is 11.4 Å². The molecule has 1 atom stereocenters. The van der Waals surface area contributed by atoms with Gasteiger partial charge in [-0.3, -0.25) is 10.4 Å². The van der Waals surface area contributed by atoms with Crippen molar-refractivity contribution in [2.24, 2.45) is 16.3 Å². The summed E-state index contributed by atoms with van der Waals surface area (Å²) < 4.78 is 0. The second-order valence-corrected chi connectivity index (χ2v) is 5.40. The summed E-state index contributed by atoms with van der Waals surface area (Å²) in [5, 5.41) is 7.74.